The van der Waals surface area contributed by atoms with Gasteiger partial charge in [0.1, 0.15) is 5.82 Å². The molecular formula is C19H32N4O2. The lowest BCUT2D eigenvalue weighted by Crippen LogP contribution is -2.49. The van der Waals surface area contributed by atoms with Crippen LogP contribution >= 0.6 is 0 Å². The van der Waals surface area contributed by atoms with Gasteiger partial charge in [0.2, 0.25) is 0 Å². The molecular weight excluding hydrogens is 316 g/mol. The number of aromatic nitrogens is 1. The summed E-state index contributed by atoms with van der Waals surface area (Å²) in [4.78, 5) is 19.6. The second-order valence-electron chi connectivity index (χ2n) is 7.07. The maximum Gasteiger partial charge on any atom is 0.409 e. The van der Waals surface area contributed by atoms with Crippen molar-refractivity contribution in [1.29, 1.82) is 0 Å². The molecule has 0 unspecified atom stereocenters. The molecule has 2 fully saturated rings. The predicted molar refractivity (Wildman–Crippen MR) is 103 cm³/mol. The molecule has 1 saturated heterocycles. The van der Waals surface area contributed by atoms with Crippen LogP contribution < -0.4 is 10.2 Å². The first-order chi connectivity index (χ1) is 12.1. The van der Waals surface area contributed by atoms with Gasteiger partial charge in [-0.3, -0.25) is 10.2 Å². The first-order valence-electron chi connectivity index (χ1n) is 9.51. The lowest BCUT2D eigenvalue weighted by Gasteiger charge is -2.37. The largest absolute Gasteiger partial charge is 0.465 e. The zero-order valence-corrected chi connectivity index (χ0v) is 15.6. The van der Waals surface area contributed by atoms with Crippen LogP contribution in [-0.4, -0.2) is 53.3 Å². The third kappa shape index (κ3) is 6.90. The van der Waals surface area contributed by atoms with E-state index in [9.17, 15) is 4.79 Å². The Hall–Kier alpha value is -1.82. The fourth-order valence-corrected chi connectivity index (χ4v) is 3.32. The summed E-state index contributed by atoms with van der Waals surface area (Å²) in [7, 11) is 0. The Morgan fingerprint density at radius 2 is 1.64 bits per heavy atom. The van der Waals surface area contributed by atoms with E-state index in [1.807, 2.05) is 0 Å². The Kier molecular flexibility index (Phi) is 7.98. The molecule has 6 heteroatoms. The third-order valence-corrected chi connectivity index (χ3v) is 4.87. The highest BCUT2D eigenvalue weighted by Gasteiger charge is 2.19. The van der Waals surface area contributed by atoms with Gasteiger partial charge >= 0.3 is 6.09 Å². The Labute approximate surface area is 151 Å². The number of piperazine rings is 1. The summed E-state index contributed by atoms with van der Waals surface area (Å²) in [6.45, 7) is 8.26. The smallest absolute Gasteiger partial charge is 0.409 e. The Balaban J connectivity index is 0.000000316. The van der Waals surface area contributed by atoms with E-state index in [0.29, 0.717) is 11.7 Å². The van der Waals surface area contributed by atoms with Gasteiger partial charge in [0.15, 0.2) is 0 Å². The second kappa shape index (κ2) is 10.2. The molecule has 1 amide bonds. The number of nitrogens with one attached hydrogen (secondary N) is 1. The number of nitrogens with zero attached hydrogens (tertiary/aromatic N) is 3. The number of rotatable bonds is 3. The van der Waals surface area contributed by atoms with Crippen molar-refractivity contribution < 1.29 is 9.90 Å². The van der Waals surface area contributed by atoms with Crippen LogP contribution in [0.2, 0.25) is 0 Å². The molecule has 0 aromatic carbocycles. The molecule has 1 aliphatic heterocycles. The first-order valence-corrected chi connectivity index (χ1v) is 9.51. The van der Waals surface area contributed by atoms with Crippen LogP contribution in [0.1, 0.15) is 52.4 Å². The van der Waals surface area contributed by atoms with Crippen molar-refractivity contribution in [3.8, 4) is 0 Å². The van der Waals surface area contributed by atoms with Crippen LogP contribution in [0.15, 0.2) is 18.3 Å². The molecule has 2 aliphatic rings. The zero-order chi connectivity index (χ0) is 18.1. The van der Waals surface area contributed by atoms with Crippen molar-refractivity contribution in [2.24, 2.45) is 0 Å². The topological polar surface area (TPSA) is 68.7 Å². The number of carbonyl (C=O) groups is 1. The van der Waals surface area contributed by atoms with Gasteiger partial charge in [-0.25, -0.2) is 9.78 Å². The van der Waals surface area contributed by atoms with E-state index >= 15 is 0 Å². The molecule has 140 valence electrons. The summed E-state index contributed by atoms with van der Waals surface area (Å²) in [5.74, 6) is 0.828. The number of hydrogen-bond donors (Lipinski definition) is 2. The SMILES string of the molecule is C1CCCCC1.CC(C)N1CCN(c2cc(NC(=O)O)ccn2)CC1. The van der Waals surface area contributed by atoms with Crippen molar-refractivity contribution in [3.63, 3.8) is 0 Å². The highest BCUT2D eigenvalue weighted by atomic mass is 16.4. The summed E-state index contributed by atoms with van der Waals surface area (Å²) in [6, 6.07) is 4.00. The van der Waals surface area contributed by atoms with E-state index in [2.05, 4.69) is 33.9 Å². The molecule has 1 saturated carbocycles. The van der Waals surface area contributed by atoms with Gasteiger partial charge in [0.25, 0.3) is 0 Å². The standard InChI is InChI=1S/C13H20N4O2.C6H12/c1-10(2)16-5-7-17(8-6-16)12-9-11(3-4-14-12)15-13(18)19;1-2-4-6-5-3-1/h3-4,9-10H,5-8H2,1-2H3,(H,14,15)(H,18,19);1-6H2. The average Bonchev–Trinajstić information content (AvgIpc) is 2.63. The highest BCUT2D eigenvalue weighted by molar-refractivity contribution is 5.83. The average molecular weight is 348 g/mol. The van der Waals surface area contributed by atoms with E-state index in [1.54, 1.807) is 18.3 Å². The van der Waals surface area contributed by atoms with Crippen molar-refractivity contribution in [2.45, 2.75) is 58.4 Å². The summed E-state index contributed by atoms with van der Waals surface area (Å²) in [6.07, 6.45) is 9.58. The van der Waals surface area contributed by atoms with E-state index in [-0.39, 0.29) is 0 Å². The summed E-state index contributed by atoms with van der Waals surface area (Å²) in [5.41, 5.74) is 0.559. The zero-order valence-electron chi connectivity index (χ0n) is 15.6. The molecule has 0 spiro atoms. The van der Waals surface area contributed by atoms with Gasteiger partial charge in [-0.2, -0.15) is 0 Å². The summed E-state index contributed by atoms with van der Waals surface area (Å²) in [5, 5.41) is 11.1. The Morgan fingerprint density at radius 1 is 1.08 bits per heavy atom. The summed E-state index contributed by atoms with van der Waals surface area (Å²) >= 11 is 0. The maximum atomic E-state index is 10.6. The molecule has 3 rings (SSSR count). The van der Waals surface area contributed by atoms with Gasteiger partial charge in [-0.1, -0.05) is 38.5 Å². The minimum absolute atomic E-state index is 0.559. The van der Waals surface area contributed by atoms with E-state index < -0.39 is 6.09 Å². The van der Waals surface area contributed by atoms with E-state index in [1.165, 1.54) is 38.5 Å². The van der Waals surface area contributed by atoms with Crippen LogP contribution in [0.5, 0.6) is 0 Å². The first kappa shape index (κ1) is 19.5. The molecule has 1 aliphatic carbocycles. The van der Waals surface area contributed by atoms with E-state index in [4.69, 9.17) is 5.11 Å². The second-order valence-corrected chi connectivity index (χ2v) is 7.07. The molecule has 0 radical (unpaired) electrons. The number of amides is 1. The van der Waals surface area contributed by atoms with Crippen LogP contribution in [-0.2, 0) is 0 Å². The minimum Gasteiger partial charge on any atom is -0.465 e. The fourth-order valence-electron chi connectivity index (χ4n) is 3.32. The lowest BCUT2D eigenvalue weighted by atomic mass is 10.0. The number of hydrogen-bond acceptors (Lipinski definition) is 4. The van der Waals surface area contributed by atoms with Crippen LogP contribution in [0.4, 0.5) is 16.3 Å². The lowest BCUT2D eigenvalue weighted by molar-refractivity contribution is 0.208. The molecule has 1 aromatic heterocycles. The fraction of sp³-hybridized carbons (Fsp3) is 0.684. The molecule has 0 bridgehead atoms. The maximum absolute atomic E-state index is 10.6. The number of carboxylic acid groups (broad SMARTS) is 1. The number of pyridine rings is 1. The van der Waals surface area contributed by atoms with Gasteiger partial charge in [-0.05, 0) is 19.9 Å². The third-order valence-electron chi connectivity index (χ3n) is 4.87. The Bertz CT molecular complexity index is 512. The van der Waals surface area contributed by atoms with Gasteiger partial charge in [0, 0.05) is 50.2 Å². The molecule has 2 heterocycles. The van der Waals surface area contributed by atoms with E-state index in [0.717, 1.165) is 32.0 Å². The van der Waals surface area contributed by atoms with Crippen LogP contribution in [0.3, 0.4) is 0 Å². The molecule has 25 heavy (non-hydrogen) atoms. The monoisotopic (exact) mass is 348 g/mol. The molecule has 2 N–H and O–H groups in total. The molecule has 1 aromatic rings. The predicted octanol–water partition coefficient (Wildman–Crippen LogP) is 4.04. The van der Waals surface area contributed by atoms with Crippen molar-refractivity contribution >= 4 is 17.6 Å². The quantitative estimate of drug-likeness (QED) is 0.863. The molecule has 6 nitrogen and oxygen atoms in total. The minimum atomic E-state index is -1.05. The molecule has 0 atom stereocenters. The van der Waals surface area contributed by atoms with Crippen molar-refractivity contribution in [2.75, 3.05) is 36.4 Å². The Morgan fingerprint density at radius 3 is 2.12 bits per heavy atom. The highest BCUT2D eigenvalue weighted by Crippen LogP contribution is 2.18. The van der Waals surface area contributed by atoms with Crippen molar-refractivity contribution in [1.82, 2.24) is 9.88 Å². The number of anilines is 2. The van der Waals surface area contributed by atoms with Gasteiger partial charge in [0.05, 0.1) is 0 Å². The van der Waals surface area contributed by atoms with Gasteiger partial charge < -0.3 is 10.0 Å². The normalized spacial score (nSPS) is 18.4. The summed E-state index contributed by atoms with van der Waals surface area (Å²) < 4.78 is 0. The van der Waals surface area contributed by atoms with Crippen LogP contribution in [0, 0.1) is 0 Å². The van der Waals surface area contributed by atoms with Crippen molar-refractivity contribution in [3.05, 3.63) is 18.3 Å². The van der Waals surface area contributed by atoms with Crippen LogP contribution in [0.25, 0.3) is 0 Å². The van der Waals surface area contributed by atoms with Gasteiger partial charge in [-0.15, -0.1) is 0 Å².